The van der Waals surface area contributed by atoms with Crippen molar-refractivity contribution in [2.75, 3.05) is 23.4 Å². The molecule has 8 nitrogen and oxygen atoms in total. The summed E-state index contributed by atoms with van der Waals surface area (Å²) in [6.07, 6.45) is 1.45. The van der Waals surface area contributed by atoms with Crippen molar-refractivity contribution in [2.45, 2.75) is 0 Å². The molecule has 0 bridgehead atoms. The fraction of sp³-hybridized carbons (Fsp3) is 0.0769. The molecule has 0 aliphatic heterocycles. The maximum Gasteiger partial charge on any atom is 0.244 e. The minimum Gasteiger partial charge on any atom is -0.368 e. The molecule has 8 heteroatoms. The molecule has 4 N–H and O–H groups in total. The van der Waals surface area contributed by atoms with E-state index in [0.29, 0.717) is 17.6 Å². The van der Waals surface area contributed by atoms with E-state index in [0.717, 1.165) is 5.69 Å². The Morgan fingerprint density at radius 1 is 1.14 bits per heavy atom. The number of nitrogens with zero attached hydrogens (tertiary/aromatic N) is 5. The van der Waals surface area contributed by atoms with E-state index in [1.54, 1.807) is 13.1 Å². The highest BCUT2D eigenvalue weighted by molar-refractivity contribution is 5.57. The van der Waals surface area contributed by atoms with Gasteiger partial charge in [0.05, 0.1) is 0 Å². The fourth-order valence-corrected chi connectivity index (χ4v) is 1.80. The second kappa shape index (κ2) is 5.45. The predicted octanol–water partition coefficient (Wildman–Crippen LogP) is 1.42. The second-order valence-electron chi connectivity index (χ2n) is 4.21. The number of anilines is 4. The first-order chi connectivity index (χ1) is 10.3. The molecule has 0 radical (unpaired) electrons. The SMILES string of the molecule is CNc1nc(N)n(-c2cc(Nc3ccccc3)ncn2)n1. The molecule has 21 heavy (non-hydrogen) atoms. The zero-order valence-electron chi connectivity index (χ0n) is 11.4. The second-order valence-corrected chi connectivity index (χ2v) is 4.21. The van der Waals surface area contributed by atoms with Crippen molar-refractivity contribution in [3.8, 4) is 5.82 Å². The molecule has 0 aliphatic rings. The van der Waals surface area contributed by atoms with E-state index in [9.17, 15) is 0 Å². The topological polar surface area (TPSA) is 107 Å². The Balaban J connectivity index is 1.91. The van der Waals surface area contributed by atoms with Gasteiger partial charge in [-0.2, -0.15) is 9.67 Å². The van der Waals surface area contributed by atoms with Crippen LogP contribution in [0.1, 0.15) is 0 Å². The number of nitrogen functional groups attached to an aromatic ring is 1. The number of para-hydroxylation sites is 1. The first-order valence-electron chi connectivity index (χ1n) is 6.31. The zero-order chi connectivity index (χ0) is 14.7. The third-order valence-corrected chi connectivity index (χ3v) is 2.77. The van der Waals surface area contributed by atoms with Crippen molar-refractivity contribution >= 4 is 23.4 Å². The molecule has 0 aliphatic carbocycles. The van der Waals surface area contributed by atoms with E-state index < -0.39 is 0 Å². The van der Waals surface area contributed by atoms with Gasteiger partial charge in [0.1, 0.15) is 12.1 Å². The van der Waals surface area contributed by atoms with Crippen LogP contribution in [-0.4, -0.2) is 31.8 Å². The maximum absolute atomic E-state index is 5.82. The number of benzene rings is 1. The summed E-state index contributed by atoms with van der Waals surface area (Å²) in [4.78, 5) is 12.4. The Morgan fingerprint density at radius 2 is 1.95 bits per heavy atom. The quantitative estimate of drug-likeness (QED) is 0.664. The van der Waals surface area contributed by atoms with Gasteiger partial charge in [0.25, 0.3) is 0 Å². The number of rotatable bonds is 4. The largest absolute Gasteiger partial charge is 0.368 e. The Morgan fingerprint density at radius 3 is 2.67 bits per heavy atom. The molecule has 0 amide bonds. The molecule has 0 spiro atoms. The van der Waals surface area contributed by atoms with Gasteiger partial charge < -0.3 is 16.4 Å². The molecule has 0 unspecified atom stereocenters. The van der Waals surface area contributed by atoms with E-state index in [1.807, 2.05) is 30.3 Å². The molecular formula is C13H14N8. The van der Waals surface area contributed by atoms with Gasteiger partial charge in [0.15, 0.2) is 5.82 Å². The van der Waals surface area contributed by atoms with E-state index in [-0.39, 0.29) is 5.95 Å². The van der Waals surface area contributed by atoms with Crippen LogP contribution >= 0.6 is 0 Å². The van der Waals surface area contributed by atoms with Gasteiger partial charge in [-0.15, -0.1) is 5.10 Å². The molecule has 0 fully saturated rings. The summed E-state index contributed by atoms with van der Waals surface area (Å²) in [5.74, 6) is 1.87. The fourth-order valence-electron chi connectivity index (χ4n) is 1.80. The van der Waals surface area contributed by atoms with Gasteiger partial charge in [-0.05, 0) is 12.1 Å². The lowest BCUT2D eigenvalue weighted by Gasteiger charge is -2.06. The Labute approximate surface area is 121 Å². The van der Waals surface area contributed by atoms with Gasteiger partial charge in [-0.3, -0.25) is 0 Å². The van der Waals surface area contributed by atoms with Crippen LogP contribution in [0, 0.1) is 0 Å². The van der Waals surface area contributed by atoms with Crippen molar-refractivity contribution in [3.05, 3.63) is 42.7 Å². The van der Waals surface area contributed by atoms with E-state index >= 15 is 0 Å². The highest BCUT2D eigenvalue weighted by atomic mass is 15.4. The Hall–Kier alpha value is -3.16. The Bertz CT molecular complexity index is 737. The zero-order valence-corrected chi connectivity index (χ0v) is 11.4. The number of hydrogen-bond donors (Lipinski definition) is 3. The molecule has 0 saturated carbocycles. The predicted molar refractivity (Wildman–Crippen MR) is 80.6 cm³/mol. The van der Waals surface area contributed by atoms with Crippen LogP contribution < -0.4 is 16.4 Å². The van der Waals surface area contributed by atoms with Crippen molar-refractivity contribution in [1.82, 2.24) is 24.7 Å². The molecule has 2 heterocycles. The highest BCUT2D eigenvalue weighted by Gasteiger charge is 2.09. The molecule has 1 aromatic carbocycles. The number of nitrogens with one attached hydrogen (secondary N) is 2. The first kappa shape index (κ1) is 12.9. The summed E-state index contributed by atoms with van der Waals surface area (Å²) in [5, 5.41) is 10.2. The lowest BCUT2D eigenvalue weighted by molar-refractivity contribution is 0.851. The minimum absolute atomic E-state index is 0.253. The van der Waals surface area contributed by atoms with Crippen molar-refractivity contribution in [3.63, 3.8) is 0 Å². The van der Waals surface area contributed by atoms with Crippen molar-refractivity contribution in [1.29, 1.82) is 0 Å². The molecule has 3 aromatic rings. The van der Waals surface area contributed by atoms with Crippen LogP contribution in [-0.2, 0) is 0 Å². The lowest BCUT2D eigenvalue weighted by atomic mass is 10.3. The summed E-state index contributed by atoms with van der Waals surface area (Å²) in [6, 6.07) is 11.5. The third-order valence-electron chi connectivity index (χ3n) is 2.77. The molecule has 3 rings (SSSR count). The Kier molecular flexibility index (Phi) is 3.34. The monoisotopic (exact) mass is 282 g/mol. The van der Waals surface area contributed by atoms with Crippen LogP contribution in [0.2, 0.25) is 0 Å². The van der Waals surface area contributed by atoms with Crippen LogP contribution in [0.25, 0.3) is 5.82 Å². The minimum atomic E-state index is 0.253. The standard InChI is InChI=1S/C13H14N8/c1-15-13-19-12(14)21(20-13)11-7-10(16-8-17-11)18-9-5-3-2-4-6-9/h2-8H,1H3,(H,16,17,18)(H3,14,15,19,20). The summed E-state index contributed by atoms with van der Waals surface area (Å²) in [6.45, 7) is 0. The van der Waals surface area contributed by atoms with E-state index in [4.69, 9.17) is 5.73 Å². The van der Waals surface area contributed by atoms with Crippen LogP contribution in [0.15, 0.2) is 42.7 Å². The molecule has 0 atom stereocenters. The van der Waals surface area contributed by atoms with Crippen molar-refractivity contribution in [2.24, 2.45) is 0 Å². The van der Waals surface area contributed by atoms with Gasteiger partial charge in [0.2, 0.25) is 11.9 Å². The molecule has 106 valence electrons. The average Bonchev–Trinajstić information content (AvgIpc) is 2.90. The van der Waals surface area contributed by atoms with Gasteiger partial charge in [-0.25, -0.2) is 9.97 Å². The summed E-state index contributed by atoms with van der Waals surface area (Å²) < 4.78 is 1.45. The highest BCUT2D eigenvalue weighted by Crippen LogP contribution is 2.17. The summed E-state index contributed by atoms with van der Waals surface area (Å²) >= 11 is 0. The van der Waals surface area contributed by atoms with Crippen LogP contribution in [0.4, 0.5) is 23.4 Å². The van der Waals surface area contributed by atoms with Gasteiger partial charge >= 0.3 is 0 Å². The smallest absolute Gasteiger partial charge is 0.244 e. The summed E-state index contributed by atoms with van der Waals surface area (Å²) in [7, 11) is 1.72. The van der Waals surface area contributed by atoms with Crippen LogP contribution in [0.3, 0.4) is 0 Å². The third kappa shape index (κ3) is 2.73. The molecule has 0 saturated heterocycles. The lowest BCUT2D eigenvalue weighted by Crippen LogP contribution is -2.06. The summed E-state index contributed by atoms with van der Waals surface area (Å²) in [5.41, 5.74) is 6.75. The van der Waals surface area contributed by atoms with Crippen molar-refractivity contribution < 1.29 is 0 Å². The van der Waals surface area contributed by atoms with Gasteiger partial charge in [-0.1, -0.05) is 18.2 Å². The number of hydrogen-bond acceptors (Lipinski definition) is 7. The first-order valence-corrected chi connectivity index (χ1v) is 6.31. The molecule has 2 aromatic heterocycles. The van der Waals surface area contributed by atoms with E-state index in [2.05, 4.69) is 30.7 Å². The van der Waals surface area contributed by atoms with Crippen LogP contribution in [0.5, 0.6) is 0 Å². The van der Waals surface area contributed by atoms with Gasteiger partial charge in [0, 0.05) is 18.8 Å². The normalized spacial score (nSPS) is 10.3. The number of nitrogens with two attached hydrogens (primary N) is 1. The number of aromatic nitrogens is 5. The van der Waals surface area contributed by atoms with E-state index in [1.165, 1.54) is 11.0 Å². The maximum atomic E-state index is 5.82. The average molecular weight is 282 g/mol. The molecular weight excluding hydrogens is 268 g/mol.